The van der Waals surface area contributed by atoms with Gasteiger partial charge in [0.25, 0.3) is 0 Å². The topological polar surface area (TPSA) is 34.9 Å². The number of rotatable bonds is 6. The van der Waals surface area contributed by atoms with E-state index in [1.807, 2.05) is 0 Å². The van der Waals surface area contributed by atoms with Gasteiger partial charge < -0.3 is 4.57 Å². The van der Waals surface area contributed by atoms with Crippen LogP contribution in [0.5, 0.6) is 0 Å². The summed E-state index contributed by atoms with van der Waals surface area (Å²) in [6.07, 6.45) is 3.13. The Morgan fingerprint density at radius 1 is 1.50 bits per heavy atom. The van der Waals surface area contributed by atoms with Crippen molar-refractivity contribution in [1.82, 2.24) is 9.55 Å². The van der Waals surface area contributed by atoms with Gasteiger partial charge in [-0.25, -0.2) is 9.37 Å². The van der Waals surface area contributed by atoms with Gasteiger partial charge in [0.05, 0.1) is 11.0 Å². The van der Waals surface area contributed by atoms with Gasteiger partial charge in [-0.1, -0.05) is 0 Å². The number of nitrogens with zero attached hydrogens (tertiary/aromatic N) is 2. The van der Waals surface area contributed by atoms with Crippen LogP contribution >= 0.6 is 11.6 Å². The molecule has 3 nitrogen and oxygen atoms in total. The first-order valence-electron chi connectivity index (χ1n) is 6.55. The fraction of sp³-hybridized carbons (Fsp3) is 0.500. The van der Waals surface area contributed by atoms with Crippen molar-refractivity contribution in [1.29, 1.82) is 0 Å². The Bertz CT molecular complexity index is 629. The lowest BCUT2D eigenvalue weighted by molar-refractivity contribution is 0.525. The van der Waals surface area contributed by atoms with E-state index in [0.29, 0.717) is 23.6 Å². The summed E-state index contributed by atoms with van der Waals surface area (Å²) in [6.45, 7) is 2.06. The Kier molecular flexibility index (Phi) is 5.16. The first-order valence-corrected chi connectivity index (χ1v) is 8.81. The molecule has 2 rings (SSSR count). The molecule has 1 heterocycles. The zero-order valence-corrected chi connectivity index (χ0v) is 13.2. The van der Waals surface area contributed by atoms with Gasteiger partial charge in [-0.2, -0.15) is 0 Å². The van der Waals surface area contributed by atoms with Crippen LogP contribution in [0, 0.1) is 5.82 Å². The molecule has 2 atom stereocenters. The number of hydrogen-bond acceptors (Lipinski definition) is 2. The lowest BCUT2D eigenvalue weighted by Crippen LogP contribution is -2.12. The van der Waals surface area contributed by atoms with Crippen molar-refractivity contribution in [3.8, 4) is 0 Å². The molecule has 0 aliphatic rings. The third-order valence-electron chi connectivity index (χ3n) is 3.31. The third-order valence-corrected chi connectivity index (χ3v) is 4.31. The monoisotopic (exact) mass is 316 g/mol. The normalized spacial score (nSPS) is 14.6. The van der Waals surface area contributed by atoms with E-state index in [0.717, 1.165) is 17.8 Å². The quantitative estimate of drug-likeness (QED) is 0.767. The van der Waals surface area contributed by atoms with Crippen LogP contribution in [0.25, 0.3) is 11.0 Å². The van der Waals surface area contributed by atoms with Gasteiger partial charge in [-0.15, -0.1) is 11.6 Å². The number of fused-ring (bicyclic) bond motifs is 1. The van der Waals surface area contributed by atoms with Gasteiger partial charge in [0.15, 0.2) is 0 Å². The van der Waals surface area contributed by atoms with Crippen LogP contribution < -0.4 is 0 Å². The summed E-state index contributed by atoms with van der Waals surface area (Å²) in [5.74, 6) is 1.68. The van der Waals surface area contributed by atoms with Crippen LogP contribution in [-0.4, -0.2) is 31.6 Å². The van der Waals surface area contributed by atoms with E-state index in [9.17, 15) is 8.60 Å². The SMILES string of the molecule is CC(CCS(C)=O)n1c(CCCl)nc2cc(F)ccc21. The minimum Gasteiger partial charge on any atom is -0.325 e. The Hall–Kier alpha value is -0.940. The zero-order valence-electron chi connectivity index (χ0n) is 11.6. The predicted molar refractivity (Wildman–Crippen MR) is 82.4 cm³/mol. The number of benzene rings is 1. The van der Waals surface area contributed by atoms with Gasteiger partial charge in [-0.05, 0) is 25.5 Å². The van der Waals surface area contributed by atoms with Crippen LogP contribution in [0.1, 0.15) is 25.2 Å². The number of alkyl halides is 1. The standard InChI is InChI=1S/C14H18ClFN2OS/c1-10(6-8-20(2)19)18-13-4-3-11(16)9-12(13)17-14(18)5-7-15/h3-4,9-10H,5-8H2,1-2H3. The molecule has 6 heteroatoms. The van der Waals surface area contributed by atoms with E-state index in [4.69, 9.17) is 11.6 Å². The van der Waals surface area contributed by atoms with Crippen molar-refractivity contribution in [2.45, 2.75) is 25.8 Å². The number of imidazole rings is 1. The molecule has 0 amide bonds. The second-order valence-corrected chi connectivity index (χ2v) is 6.82. The molecule has 0 aliphatic carbocycles. The van der Waals surface area contributed by atoms with Crippen molar-refractivity contribution in [2.75, 3.05) is 17.9 Å². The molecule has 1 aromatic carbocycles. The summed E-state index contributed by atoms with van der Waals surface area (Å²) >= 11 is 5.82. The average Bonchev–Trinajstić information content (AvgIpc) is 2.73. The van der Waals surface area contributed by atoms with Crippen molar-refractivity contribution in [3.63, 3.8) is 0 Å². The van der Waals surface area contributed by atoms with Gasteiger partial charge in [0, 0.05) is 47.2 Å². The Morgan fingerprint density at radius 2 is 2.25 bits per heavy atom. The highest BCUT2D eigenvalue weighted by molar-refractivity contribution is 7.84. The van der Waals surface area contributed by atoms with Crippen LogP contribution in [0.4, 0.5) is 4.39 Å². The second-order valence-electron chi connectivity index (χ2n) is 4.89. The Balaban J connectivity index is 2.42. The van der Waals surface area contributed by atoms with Gasteiger partial charge >= 0.3 is 0 Å². The maximum absolute atomic E-state index is 13.3. The summed E-state index contributed by atoms with van der Waals surface area (Å²) in [7, 11) is -0.815. The Labute approximate surface area is 125 Å². The summed E-state index contributed by atoms with van der Waals surface area (Å²) in [6, 6.07) is 4.78. The molecule has 0 saturated heterocycles. The molecule has 2 aromatic rings. The van der Waals surface area contributed by atoms with Crippen molar-refractivity contribution in [2.24, 2.45) is 0 Å². The minimum absolute atomic E-state index is 0.160. The molecule has 2 unspecified atom stereocenters. The van der Waals surface area contributed by atoms with Crippen LogP contribution in [0.2, 0.25) is 0 Å². The van der Waals surface area contributed by atoms with E-state index in [-0.39, 0.29) is 11.9 Å². The molecule has 0 bridgehead atoms. The summed E-state index contributed by atoms with van der Waals surface area (Å²) in [5, 5.41) is 0. The number of aryl methyl sites for hydroxylation is 1. The van der Waals surface area contributed by atoms with E-state index in [2.05, 4.69) is 16.5 Å². The smallest absolute Gasteiger partial charge is 0.125 e. The molecular formula is C14H18ClFN2OS. The number of aromatic nitrogens is 2. The van der Waals surface area contributed by atoms with Crippen LogP contribution in [0.3, 0.4) is 0 Å². The van der Waals surface area contributed by atoms with Crippen molar-refractivity contribution in [3.05, 3.63) is 29.8 Å². The molecule has 0 N–H and O–H groups in total. The van der Waals surface area contributed by atoms with E-state index in [1.54, 1.807) is 12.3 Å². The lowest BCUT2D eigenvalue weighted by atomic mass is 10.2. The lowest BCUT2D eigenvalue weighted by Gasteiger charge is -2.17. The molecule has 110 valence electrons. The molecule has 0 radical (unpaired) electrons. The first-order chi connectivity index (χ1) is 9.52. The zero-order chi connectivity index (χ0) is 14.7. The summed E-state index contributed by atoms with van der Waals surface area (Å²) in [5.41, 5.74) is 1.55. The van der Waals surface area contributed by atoms with Gasteiger partial charge in [0.1, 0.15) is 11.6 Å². The molecule has 0 fully saturated rings. The van der Waals surface area contributed by atoms with E-state index in [1.165, 1.54) is 12.1 Å². The average molecular weight is 317 g/mol. The third kappa shape index (κ3) is 3.38. The fourth-order valence-corrected chi connectivity index (χ4v) is 3.18. The molecule has 0 saturated carbocycles. The van der Waals surface area contributed by atoms with Crippen LogP contribution in [-0.2, 0) is 17.2 Å². The molecule has 0 spiro atoms. The highest BCUT2D eigenvalue weighted by Crippen LogP contribution is 2.24. The first kappa shape index (κ1) is 15.4. The van der Waals surface area contributed by atoms with Crippen LogP contribution in [0.15, 0.2) is 18.2 Å². The molecule has 20 heavy (non-hydrogen) atoms. The maximum Gasteiger partial charge on any atom is 0.125 e. The maximum atomic E-state index is 13.3. The second kappa shape index (κ2) is 6.68. The fourth-order valence-electron chi connectivity index (χ4n) is 2.34. The minimum atomic E-state index is -0.815. The number of halogens is 2. The Morgan fingerprint density at radius 3 is 2.90 bits per heavy atom. The molecule has 0 aliphatic heterocycles. The highest BCUT2D eigenvalue weighted by atomic mass is 35.5. The van der Waals surface area contributed by atoms with E-state index < -0.39 is 10.8 Å². The molecular weight excluding hydrogens is 299 g/mol. The summed E-state index contributed by atoms with van der Waals surface area (Å²) in [4.78, 5) is 4.47. The largest absolute Gasteiger partial charge is 0.325 e. The summed E-state index contributed by atoms with van der Waals surface area (Å²) < 4.78 is 26.6. The van der Waals surface area contributed by atoms with Crippen molar-refractivity contribution < 1.29 is 8.60 Å². The number of hydrogen-bond donors (Lipinski definition) is 0. The van der Waals surface area contributed by atoms with Gasteiger partial charge in [-0.3, -0.25) is 4.21 Å². The van der Waals surface area contributed by atoms with E-state index >= 15 is 0 Å². The van der Waals surface area contributed by atoms with Crippen molar-refractivity contribution >= 4 is 33.4 Å². The molecule has 1 aromatic heterocycles. The highest BCUT2D eigenvalue weighted by Gasteiger charge is 2.16. The predicted octanol–water partition coefficient (Wildman–Crippen LogP) is 3.29. The van der Waals surface area contributed by atoms with Gasteiger partial charge in [0.2, 0.25) is 0 Å².